The van der Waals surface area contributed by atoms with Crippen molar-refractivity contribution in [1.29, 1.82) is 0 Å². The predicted molar refractivity (Wildman–Crippen MR) is 93.6 cm³/mol. The van der Waals surface area contributed by atoms with Crippen molar-refractivity contribution in [2.75, 3.05) is 0 Å². The summed E-state index contributed by atoms with van der Waals surface area (Å²) in [5.74, 6) is -1.59. The van der Waals surface area contributed by atoms with Crippen LogP contribution in [-0.2, 0) is 9.59 Å². The predicted octanol–water partition coefficient (Wildman–Crippen LogP) is 5.42. The van der Waals surface area contributed by atoms with Crippen molar-refractivity contribution in [1.82, 2.24) is 0 Å². The van der Waals surface area contributed by atoms with E-state index in [1.807, 2.05) is 0 Å². The molecule has 0 aromatic heterocycles. The first-order valence-electron chi connectivity index (χ1n) is 9.13. The lowest BCUT2D eigenvalue weighted by Crippen LogP contribution is -2.08. The van der Waals surface area contributed by atoms with Gasteiger partial charge in [-0.25, -0.2) is 0 Å². The van der Waals surface area contributed by atoms with E-state index in [-0.39, 0.29) is 5.92 Å². The summed E-state index contributed by atoms with van der Waals surface area (Å²) in [6.45, 7) is 1.78. The van der Waals surface area contributed by atoms with E-state index in [0.29, 0.717) is 6.42 Å². The van der Waals surface area contributed by atoms with Crippen LogP contribution in [0.25, 0.3) is 0 Å². The third-order valence-corrected chi connectivity index (χ3v) is 4.11. The summed E-state index contributed by atoms with van der Waals surface area (Å²) in [6, 6.07) is 0. The average molecular weight is 326 g/mol. The van der Waals surface area contributed by atoms with Crippen molar-refractivity contribution in [2.45, 2.75) is 90.4 Å². The summed E-state index contributed by atoms with van der Waals surface area (Å²) >= 11 is 0. The largest absolute Gasteiger partial charge is 0.481 e. The fourth-order valence-electron chi connectivity index (χ4n) is 2.49. The third kappa shape index (κ3) is 16.9. The van der Waals surface area contributed by atoms with Crippen molar-refractivity contribution in [3.63, 3.8) is 0 Å². The van der Waals surface area contributed by atoms with Crippen LogP contribution >= 0.6 is 0 Å². The third-order valence-electron chi connectivity index (χ3n) is 4.11. The molecule has 0 heterocycles. The van der Waals surface area contributed by atoms with Crippen molar-refractivity contribution >= 4 is 11.9 Å². The molecule has 0 aliphatic heterocycles. The second-order valence-electron chi connectivity index (χ2n) is 6.40. The topological polar surface area (TPSA) is 74.6 Å². The number of hydrogen-bond acceptors (Lipinski definition) is 2. The van der Waals surface area contributed by atoms with Crippen LogP contribution < -0.4 is 0 Å². The Hall–Kier alpha value is -1.32. The molecule has 1 atom stereocenters. The van der Waals surface area contributed by atoms with Gasteiger partial charge in [-0.3, -0.25) is 9.59 Å². The molecule has 0 rings (SSSR count). The molecule has 0 saturated heterocycles. The zero-order chi connectivity index (χ0) is 17.3. The molecule has 0 aliphatic carbocycles. The van der Waals surface area contributed by atoms with Crippen LogP contribution in [0.4, 0.5) is 0 Å². The highest BCUT2D eigenvalue weighted by Gasteiger charge is 2.09. The molecular formula is C19H34O4. The first-order valence-corrected chi connectivity index (χ1v) is 9.13. The van der Waals surface area contributed by atoms with E-state index in [0.717, 1.165) is 51.4 Å². The van der Waals surface area contributed by atoms with Crippen LogP contribution in [-0.4, -0.2) is 22.2 Å². The number of carboxylic acids is 2. The molecule has 4 heteroatoms. The van der Waals surface area contributed by atoms with Crippen LogP contribution in [0, 0.1) is 5.92 Å². The maximum absolute atomic E-state index is 10.7. The summed E-state index contributed by atoms with van der Waals surface area (Å²) < 4.78 is 0. The minimum atomic E-state index is -0.690. The monoisotopic (exact) mass is 326 g/mol. The molecule has 2 N–H and O–H groups in total. The number of carboxylic acid groups (broad SMARTS) is 2. The van der Waals surface area contributed by atoms with E-state index in [1.165, 1.54) is 25.7 Å². The van der Waals surface area contributed by atoms with Gasteiger partial charge in [0.2, 0.25) is 0 Å². The minimum Gasteiger partial charge on any atom is -0.481 e. The van der Waals surface area contributed by atoms with Gasteiger partial charge in [0.05, 0.1) is 5.92 Å². The first-order chi connectivity index (χ1) is 11.0. The number of carbonyl (C=O) groups is 2. The molecule has 0 aromatic carbocycles. The van der Waals surface area contributed by atoms with Gasteiger partial charge >= 0.3 is 11.9 Å². The lowest BCUT2D eigenvalue weighted by molar-refractivity contribution is -0.141. The van der Waals surface area contributed by atoms with Crippen molar-refractivity contribution in [3.8, 4) is 0 Å². The van der Waals surface area contributed by atoms with E-state index in [9.17, 15) is 9.59 Å². The molecule has 0 amide bonds. The van der Waals surface area contributed by atoms with Gasteiger partial charge in [0.15, 0.2) is 0 Å². The van der Waals surface area contributed by atoms with E-state index in [2.05, 4.69) is 12.2 Å². The minimum absolute atomic E-state index is 0.209. The Morgan fingerprint density at radius 1 is 0.783 bits per heavy atom. The summed E-state index contributed by atoms with van der Waals surface area (Å²) in [6.07, 6.45) is 17.7. The lowest BCUT2D eigenvalue weighted by atomic mass is 10.0. The lowest BCUT2D eigenvalue weighted by Gasteiger charge is -2.04. The number of allylic oxidation sites excluding steroid dienone is 2. The van der Waals surface area contributed by atoms with Crippen LogP contribution in [0.3, 0.4) is 0 Å². The molecule has 0 bridgehead atoms. The highest BCUT2D eigenvalue weighted by atomic mass is 16.4. The second kappa shape index (κ2) is 15.6. The molecule has 0 aromatic rings. The van der Waals surface area contributed by atoms with E-state index >= 15 is 0 Å². The van der Waals surface area contributed by atoms with Gasteiger partial charge in [0.1, 0.15) is 0 Å². The molecule has 0 saturated carbocycles. The van der Waals surface area contributed by atoms with Crippen molar-refractivity contribution in [3.05, 3.63) is 12.2 Å². The average Bonchev–Trinajstić information content (AvgIpc) is 2.50. The van der Waals surface area contributed by atoms with Crippen LogP contribution in [0.2, 0.25) is 0 Å². The number of rotatable bonds is 16. The summed E-state index contributed by atoms with van der Waals surface area (Å²) in [7, 11) is 0. The second-order valence-corrected chi connectivity index (χ2v) is 6.40. The fraction of sp³-hybridized carbons (Fsp3) is 0.789. The Balaban J connectivity index is 3.20. The van der Waals surface area contributed by atoms with Gasteiger partial charge in [-0.15, -0.1) is 0 Å². The Kier molecular flexibility index (Phi) is 14.7. The maximum Gasteiger partial charge on any atom is 0.306 e. The van der Waals surface area contributed by atoms with Gasteiger partial charge < -0.3 is 10.2 Å². The van der Waals surface area contributed by atoms with E-state index < -0.39 is 11.9 Å². The molecule has 4 nitrogen and oxygen atoms in total. The number of aliphatic carboxylic acids is 2. The molecule has 0 spiro atoms. The highest BCUT2D eigenvalue weighted by molar-refractivity contribution is 5.69. The summed E-state index contributed by atoms with van der Waals surface area (Å²) in [5, 5.41) is 17.3. The summed E-state index contributed by atoms with van der Waals surface area (Å²) in [5.41, 5.74) is 0. The Morgan fingerprint density at radius 2 is 1.26 bits per heavy atom. The van der Waals surface area contributed by atoms with Gasteiger partial charge in [-0.2, -0.15) is 0 Å². The SMILES string of the molecule is CC(CCCCCC/C=C/CCCCCCCC(=O)O)C(=O)O. The normalized spacial score (nSPS) is 12.6. The van der Waals surface area contributed by atoms with Gasteiger partial charge in [0, 0.05) is 6.42 Å². The molecular weight excluding hydrogens is 292 g/mol. The van der Waals surface area contributed by atoms with Crippen LogP contribution in [0.5, 0.6) is 0 Å². The summed E-state index contributed by atoms with van der Waals surface area (Å²) in [4.78, 5) is 21.0. The molecule has 0 radical (unpaired) electrons. The molecule has 0 aliphatic rings. The van der Waals surface area contributed by atoms with Crippen LogP contribution in [0.1, 0.15) is 90.4 Å². The Bertz CT molecular complexity index is 336. The molecule has 0 fully saturated rings. The van der Waals surface area contributed by atoms with Gasteiger partial charge in [-0.05, 0) is 38.5 Å². The van der Waals surface area contributed by atoms with Gasteiger partial charge in [0.25, 0.3) is 0 Å². The van der Waals surface area contributed by atoms with Crippen LogP contribution in [0.15, 0.2) is 12.2 Å². The van der Waals surface area contributed by atoms with Crippen molar-refractivity contribution < 1.29 is 19.8 Å². The number of hydrogen-bond donors (Lipinski definition) is 2. The smallest absolute Gasteiger partial charge is 0.306 e. The Morgan fingerprint density at radius 3 is 1.78 bits per heavy atom. The molecule has 134 valence electrons. The first kappa shape index (κ1) is 21.7. The van der Waals surface area contributed by atoms with Crippen molar-refractivity contribution in [2.24, 2.45) is 5.92 Å². The number of unbranched alkanes of at least 4 members (excludes halogenated alkanes) is 9. The molecule has 1 unspecified atom stereocenters. The maximum atomic E-state index is 10.7. The fourth-order valence-corrected chi connectivity index (χ4v) is 2.49. The molecule has 23 heavy (non-hydrogen) atoms. The zero-order valence-corrected chi connectivity index (χ0v) is 14.6. The Labute approximate surface area is 141 Å². The van der Waals surface area contributed by atoms with E-state index in [1.54, 1.807) is 6.92 Å². The highest BCUT2D eigenvalue weighted by Crippen LogP contribution is 2.12. The van der Waals surface area contributed by atoms with E-state index in [4.69, 9.17) is 10.2 Å². The zero-order valence-electron chi connectivity index (χ0n) is 14.6. The van der Waals surface area contributed by atoms with Gasteiger partial charge in [-0.1, -0.05) is 57.6 Å². The quantitative estimate of drug-likeness (QED) is 0.293. The standard InChI is InChI=1S/C19H34O4/c1-17(19(22)23)15-13-11-9-7-5-3-2-4-6-8-10-12-14-16-18(20)21/h2-3,17H,4-16H2,1H3,(H,20,21)(H,22,23)/b3-2+.